The number of esters is 2. The summed E-state index contributed by atoms with van der Waals surface area (Å²) in [6.07, 6.45) is 0.747. The number of amides is 2. The van der Waals surface area contributed by atoms with E-state index in [1.807, 2.05) is 0 Å². The molecule has 2 unspecified atom stereocenters. The first-order chi connectivity index (χ1) is 18.7. The Morgan fingerprint density at radius 3 is 2.23 bits per heavy atom. The minimum atomic E-state index is -1.06. The van der Waals surface area contributed by atoms with Crippen LogP contribution in [0.1, 0.15) is 58.9 Å². The van der Waals surface area contributed by atoms with Crippen LogP contribution in [0.4, 0.5) is 5.69 Å². The van der Waals surface area contributed by atoms with Gasteiger partial charge in [-0.1, -0.05) is 30.3 Å². The highest BCUT2D eigenvalue weighted by atomic mass is 16.6. The van der Waals surface area contributed by atoms with E-state index in [1.165, 1.54) is 30.2 Å². The quantitative estimate of drug-likeness (QED) is 0.155. The monoisotopic (exact) mass is 533 g/mol. The Balaban J connectivity index is 1.48. The summed E-state index contributed by atoms with van der Waals surface area (Å²) in [4.78, 5) is 67.9. The number of carbonyl (C=O) groups excluding carboxylic acids is 4. The molecule has 2 aromatic rings. The number of imide groups is 1. The number of rotatable bonds is 9. The molecule has 4 rings (SSSR count). The normalized spacial score (nSPS) is 18.5. The number of unbranched alkanes of at least 4 members (excludes halogenated alkanes) is 1. The van der Waals surface area contributed by atoms with Crippen molar-refractivity contribution >= 4 is 35.2 Å². The summed E-state index contributed by atoms with van der Waals surface area (Å²) in [5.41, 5.74) is 1.34. The van der Waals surface area contributed by atoms with Crippen molar-refractivity contribution in [1.29, 1.82) is 0 Å². The molecule has 2 heterocycles. The minimum absolute atomic E-state index is 0.0330. The molecule has 0 radical (unpaired) electrons. The molecule has 0 saturated heterocycles. The molecule has 0 aliphatic carbocycles. The summed E-state index contributed by atoms with van der Waals surface area (Å²) in [7, 11) is 1.20. The zero-order chi connectivity index (χ0) is 28.3. The maximum atomic E-state index is 13.3. The lowest BCUT2D eigenvalue weighted by atomic mass is 9.75. The summed E-state index contributed by atoms with van der Waals surface area (Å²) < 4.78 is 10.5. The number of benzene rings is 2. The van der Waals surface area contributed by atoms with Crippen LogP contribution in [0.15, 0.2) is 64.8 Å². The summed E-state index contributed by atoms with van der Waals surface area (Å²) >= 11 is 0. The van der Waals surface area contributed by atoms with Crippen molar-refractivity contribution in [2.24, 2.45) is 10.9 Å². The van der Waals surface area contributed by atoms with Crippen LogP contribution in [-0.2, 0) is 19.1 Å². The molecule has 0 bridgehead atoms. The van der Waals surface area contributed by atoms with Crippen molar-refractivity contribution in [3.8, 4) is 0 Å². The second-order valence-corrected chi connectivity index (χ2v) is 9.20. The van der Waals surface area contributed by atoms with Gasteiger partial charge in [-0.25, -0.2) is 4.79 Å². The van der Waals surface area contributed by atoms with Crippen molar-refractivity contribution in [2.75, 3.05) is 20.3 Å². The van der Waals surface area contributed by atoms with Gasteiger partial charge in [0.05, 0.1) is 35.3 Å². The van der Waals surface area contributed by atoms with Crippen molar-refractivity contribution in [2.45, 2.75) is 32.6 Å². The van der Waals surface area contributed by atoms with Crippen molar-refractivity contribution in [1.82, 2.24) is 4.90 Å². The number of aliphatic imine (C=N–C) groups is 1. The van der Waals surface area contributed by atoms with E-state index >= 15 is 0 Å². The number of para-hydroxylation sites is 1. The average Bonchev–Trinajstić information content (AvgIpc) is 3.16. The molecular formula is C28H27N3O8. The molecule has 0 fully saturated rings. The maximum Gasteiger partial charge on any atom is 0.336 e. The Morgan fingerprint density at radius 1 is 1.00 bits per heavy atom. The Bertz CT molecular complexity index is 1390. The number of methoxy groups -OCH3 is 1. The average molecular weight is 534 g/mol. The first-order valence-electron chi connectivity index (χ1n) is 12.4. The Hall–Kier alpha value is -4.67. The van der Waals surface area contributed by atoms with E-state index < -0.39 is 28.7 Å². The van der Waals surface area contributed by atoms with Gasteiger partial charge in [0.1, 0.15) is 5.92 Å². The number of nitro benzene ring substituents is 1. The molecule has 0 spiro atoms. The molecule has 0 aromatic heterocycles. The Morgan fingerprint density at radius 2 is 1.62 bits per heavy atom. The summed E-state index contributed by atoms with van der Waals surface area (Å²) in [6, 6.07) is 12.5. The molecule has 0 saturated carbocycles. The first kappa shape index (κ1) is 27.4. The number of nitro groups is 1. The summed E-state index contributed by atoms with van der Waals surface area (Å²) in [5, 5.41) is 11.8. The number of nitrogens with zero attached hydrogens (tertiary/aromatic N) is 3. The van der Waals surface area contributed by atoms with Gasteiger partial charge in [-0.2, -0.15) is 0 Å². The molecule has 0 N–H and O–H groups in total. The molecule has 39 heavy (non-hydrogen) atoms. The largest absolute Gasteiger partial charge is 0.468 e. The van der Waals surface area contributed by atoms with Gasteiger partial charge in [0.25, 0.3) is 17.5 Å². The summed E-state index contributed by atoms with van der Waals surface area (Å²) in [6.45, 7) is 3.32. The third-order valence-electron chi connectivity index (χ3n) is 6.86. The van der Waals surface area contributed by atoms with E-state index in [2.05, 4.69) is 4.99 Å². The fraction of sp³-hybridized carbons (Fsp3) is 0.321. The lowest BCUT2D eigenvalue weighted by molar-refractivity contribution is -0.385. The number of hydrogen-bond donors (Lipinski definition) is 0. The van der Waals surface area contributed by atoms with Crippen LogP contribution in [0.25, 0.3) is 0 Å². The van der Waals surface area contributed by atoms with Gasteiger partial charge < -0.3 is 9.47 Å². The SMILES string of the molecule is COC(=O)C1C(C)=NC(C)=C(C(=O)OCCCCN2C(=O)c3ccccc3C2=O)C1c1ccccc1[N+](=O)[O-]. The van der Waals surface area contributed by atoms with E-state index in [-0.39, 0.29) is 47.5 Å². The molecule has 2 atom stereocenters. The highest BCUT2D eigenvalue weighted by Crippen LogP contribution is 2.43. The topological polar surface area (TPSA) is 145 Å². The van der Waals surface area contributed by atoms with Crippen molar-refractivity contribution in [3.63, 3.8) is 0 Å². The highest BCUT2D eigenvalue weighted by Gasteiger charge is 2.44. The van der Waals surface area contributed by atoms with Gasteiger partial charge in [0, 0.05) is 35.5 Å². The fourth-order valence-corrected chi connectivity index (χ4v) is 5.04. The summed E-state index contributed by atoms with van der Waals surface area (Å²) in [5.74, 6) is -4.26. The van der Waals surface area contributed by atoms with Crippen LogP contribution < -0.4 is 0 Å². The lowest BCUT2D eigenvalue weighted by Gasteiger charge is -2.31. The predicted molar refractivity (Wildman–Crippen MR) is 139 cm³/mol. The first-order valence-corrected chi connectivity index (χ1v) is 12.4. The minimum Gasteiger partial charge on any atom is -0.468 e. The van der Waals surface area contributed by atoms with E-state index in [9.17, 15) is 29.3 Å². The lowest BCUT2D eigenvalue weighted by Crippen LogP contribution is -2.36. The van der Waals surface area contributed by atoms with E-state index in [1.54, 1.807) is 44.2 Å². The van der Waals surface area contributed by atoms with Crippen LogP contribution in [-0.4, -0.2) is 59.5 Å². The number of carbonyl (C=O) groups is 4. The number of fused-ring (bicyclic) bond motifs is 1. The van der Waals surface area contributed by atoms with Crippen LogP contribution in [0, 0.1) is 16.0 Å². The third kappa shape index (κ3) is 5.20. The van der Waals surface area contributed by atoms with Crippen molar-refractivity contribution < 1.29 is 33.6 Å². The van der Waals surface area contributed by atoms with Gasteiger partial charge in [-0.3, -0.25) is 34.4 Å². The maximum absolute atomic E-state index is 13.3. The predicted octanol–water partition coefficient (Wildman–Crippen LogP) is 3.84. The van der Waals surface area contributed by atoms with Gasteiger partial charge in [0.15, 0.2) is 0 Å². The van der Waals surface area contributed by atoms with Crippen LogP contribution >= 0.6 is 0 Å². The molecule has 2 aliphatic rings. The molecule has 202 valence electrons. The zero-order valence-corrected chi connectivity index (χ0v) is 21.7. The van der Waals surface area contributed by atoms with Crippen LogP contribution in [0.3, 0.4) is 0 Å². The van der Waals surface area contributed by atoms with Crippen LogP contribution in [0.2, 0.25) is 0 Å². The smallest absolute Gasteiger partial charge is 0.336 e. The molecule has 2 aliphatic heterocycles. The highest BCUT2D eigenvalue weighted by molar-refractivity contribution is 6.21. The second kappa shape index (κ2) is 11.4. The Kier molecular flexibility index (Phi) is 7.99. The Labute approximate surface area is 224 Å². The van der Waals surface area contributed by atoms with Gasteiger partial charge in [-0.15, -0.1) is 0 Å². The van der Waals surface area contributed by atoms with Gasteiger partial charge in [0.2, 0.25) is 0 Å². The van der Waals surface area contributed by atoms with Gasteiger partial charge >= 0.3 is 11.9 Å². The molecule has 11 heteroatoms. The standard InChI is InChI=1S/C28H27N3O8/c1-16-22(27(34)38-3)24(20-12-6-7-13-21(20)31(36)37)23(17(2)29-16)28(35)39-15-9-8-14-30-25(32)18-10-4-5-11-19(18)26(30)33/h4-7,10-13,22,24H,8-9,14-15H2,1-3H3. The van der Waals surface area contributed by atoms with Gasteiger partial charge in [-0.05, 0) is 38.8 Å². The third-order valence-corrected chi connectivity index (χ3v) is 6.86. The number of ether oxygens (including phenoxy) is 2. The van der Waals surface area contributed by atoms with E-state index in [0.717, 1.165) is 0 Å². The molecule has 11 nitrogen and oxygen atoms in total. The molecular weight excluding hydrogens is 506 g/mol. The molecule has 2 aromatic carbocycles. The zero-order valence-electron chi connectivity index (χ0n) is 21.7. The number of allylic oxidation sites excluding steroid dienone is 1. The van der Waals surface area contributed by atoms with Crippen molar-refractivity contribution in [3.05, 3.63) is 86.6 Å². The molecule has 2 amide bonds. The second-order valence-electron chi connectivity index (χ2n) is 9.20. The van der Waals surface area contributed by atoms with E-state index in [0.29, 0.717) is 29.7 Å². The van der Waals surface area contributed by atoms with E-state index in [4.69, 9.17) is 9.47 Å². The fourth-order valence-electron chi connectivity index (χ4n) is 5.04. The van der Waals surface area contributed by atoms with Crippen LogP contribution in [0.5, 0.6) is 0 Å². The number of hydrogen-bond acceptors (Lipinski definition) is 9.